The number of ketones is 1. The second-order valence-electron chi connectivity index (χ2n) is 13.5. The lowest BCUT2D eigenvalue weighted by molar-refractivity contribution is -0.135. The largest absolute Gasteiger partial charge is 0.338 e. The van der Waals surface area contributed by atoms with Gasteiger partial charge in [-0.05, 0) is 75.8 Å². The molecule has 12 heteroatoms. The third-order valence-corrected chi connectivity index (χ3v) is 10.3. The summed E-state index contributed by atoms with van der Waals surface area (Å²) >= 11 is 0. The van der Waals surface area contributed by atoms with Crippen molar-refractivity contribution >= 4 is 29.3 Å². The molecule has 1 aromatic carbocycles. The van der Waals surface area contributed by atoms with Crippen molar-refractivity contribution in [2.24, 2.45) is 11.8 Å². The summed E-state index contributed by atoms with van der Waals surface area (Å²) in [6.07, 6.45) is 9.31. The van der Waals surface area contributed by atoms with E-state index in [2.05, 4.69) is 25.9 Å². The van der Waals surface area contributed by atoms with Crippen LogP contribution in [-0.4, -0.2) is 88.5 Å². The second kappa shape index (κ2) is 15.9. The number of nitrogens with zero attached hydrogens (tertiary/aromatic N) is 4. The summed E-state index contributed by atoms with van der Waals surface area (Å²) in [7, 11) is 2.01. The Hall–Kier alpha value is -3.80. The molecule has 2 heterocycles. The number of urea groups is 1. The van der Waals surface area contributed by atoms with Gasteiger partial charge in [-0.1, -0.05) is 32.3 Å². The zero-order valence-electron chi connectivity index (χ0n) is 28.0. The number of amides is 4. The maximum Gasteiger partial charge on any atom is 0.315 e. The molecule has 0 bridgehead atoms. The number of anilines is 1. The molecule has 5 rings (SSSR count). The van der Waals surface area contributed by atoms with Crippen LogP contribution in [0.4, 0.5) is 14.9 Å². The molecule has 2 aromatic rings. The summed E-state index contributed by atoms with van der Waals surface area (Å²) in [5.74, 6) is -2.45. The third-order valence-electron chi connectivity index (χ3n) is 10.3. The lowest BCUT2D eigenvalue weighted by Gasteiger charge is -2.37. The van der Waals surface area contributed by atoms with Gasteiger partial charge in [-0.3, -0.25) is 19.1 Å². The minimum absolute atomic E-state index is 0.0236. The molecule has 3 N–H and O–H groups in total. The smallest absolute Gasteiger partial charge is 0.315 e. The highest BCUT2D eigenvalue weighted by atomic mass is 19.1. The van der Waals surface area contributed by atoms with Crippen LogP contribution in [0.15, 0.2) is 30.5 Å². The molecule has 3 fully saturated rings. The molecule has 0 spiro atoms. The first-order valence-corrected chi connectivity index (χ1v) is 17.3. The van der Waals surface area contributed by atoms with Crippen molar-refractivity contribution in [1.29, 1.82) is 0 Å². The highest BCUT2D eigenvalue weighted by Gasteiger charge is 2.35. The molecule has 3 atom stereocenters. The number of halogens is 1. The van der Waals surface area contributed by atoms with E-state index in [1.54, 1.807) is 34.8 Å². The summed E-state index contributed by atoms with van der Waals surface area (Å²) in [6.45, 7) is 6.84. The van der Waals surface area contributed by atoms with Gasteiger partial charge in [-0.2, -0.15) is 5.10 Å². The molecule has 0 radical (unpaired) electrons. The summed E-state index contributed by atoms with van der Waals surface area (Å²) in [6, 6.07) is 5.02. The van der Waals surface area contributed by atoms with Crippen molar-refractivity contribution in [1.82, 2.24) is 30.2 Å². The Bertz CT molecular complexity index is 1410. The van der Waals surface area contributed by atoms with Crippen LogP contribution in [0.2, 0.25) is 0 Å². The molecule has 0 unspecified atom stereocenters. The van der Waals surface area contributed by atoms with Crippen LogP contribution in [0.5, 0.6) is 0 Å². The van der Waals surface area contributed by atoms with E-state index >= 15 is 4.39 Å². The van der Waals surface area contributed by atoms with Gasteiger partial charge in [-0.15, -0.1) is 0 Å². The Kier molecular flexibility index (Phi) is 11.7. The highest BCUT2D eigenvalue weighted by Crippen LogP contribution is 2.34. The van der Waals surface area contributed by atoms with E-state index in [4.69, 9.17) is 0 Å². The van der Waals surface area contributed by atoms with Crippen molar-refractivity contribution in [2.75, 3.05) is 38.5 Å². The number of likely N-dealkylation sites (N-methyl/N-ethyl adjacent to an activating group) is 1. The number of carbonyl (C=O) groups excluding carboxylic acids is 4. The first kappa shape index (κ1) is 34.5. The number of Topliss-reactive ketones (excluding diaryl/α,β-unsaturated/α-hetero) is 1. The minimum atomic E-state index is -0.892. The Morgan fingerprint density at radius 1 is 0.979 bits per heavy atom. The van der Waals surface area contributed by atoms with Crippen molar-refractivity contribution in [3.63, 3.8) is 0 Å². The Balaban J connectivity index is 1.31. The van der Waals surface area contributed by atoms with Gasteiger partial charge in [0.15, 0.2) is 5.78 Å². The van der Waals surface area contributed by atoms with Gasteiger partial charge in [0, 0.05) is 63.2 Å². The van der Waals surface area contributed by atoms with Gasteiger partial charge in [0.1, 0.15) is 17.6 Å². The summed E-state index contributed by atoms with van der Waals surface area (Å²) in [5.41, 5.74) is 1.03. The van der Waals surface area contributed by atoms with E-state index < -0.39 is 29.7 Å². The van der Waals surface area contributed by atoms with Crippen LogP contribution in [-0.2, 0) is 16.1 Å². The molecule has 11 nitrogen and oxygen atoms in total. The molecule has 256 valence electrons. The minimum Gasteiger partial charge on any atom is -0.338 e. The molecule has 2 saturated carbocycles. The quantitative estimate of drug-likeness (QED) is 0.289. The maximum atomic E-state index is 15.7. The van der Waals surface area contributed by atoms with Crippen LogP contribution in [0.3, 0.4) is 0 Å². The molecular formula is C35H50FN7O4. The highest BCUT2D eigenvalue weighted by molar-refractivity contribution is 6.00. The normalized spacial score (nSPS) is 19.7. The average Bonchev–Trinajstić information content (AvgIpc) is 3.54. The fourth-order valence-electron chi connectivity index (χ4n) is 7.01. The predicted octanol–water partition coefficient (Wildman–Crippen LogP) is 4.55. The molecule has 2 aliphatic carbocycles. The molecule has 47 heavy (non-hydrogen) atoms. The maximum absolute atomic E-state index is 15.7. The molecule has 4 amide bonds. The number of hydrogen-bond donors (Lipinski definition) is 3. The van der Waals surface area contributed by atoms with Crippen molar-refractivity contribution in [3.8, 4) is 0 Å². The summed E-state index contributed by atoms with van der Waals surface area (Å²) in [4.78, 5) is 57.6. The standard InChI is InChI=1S/C35H50FN7O4/c1-4-43-30(15-16-37-43)31(44)22-27(24-9-6-5-7-10-24)33(45)39-29-14-13-25(21-28(29)36)23(2)32(40-35(47)38-26-11-8-12-26)34(46)42-19-17-41(3)18-20-42/h13-16,21,23-24,26-27,32H,4-12,17-20,22H2,1-3H3,(H,39,45)(H2,38,40,47)/t23-,27-,32+/m0/s1. The van der Waals surface area contributed by atoms with E-state index in [1.807, 2.05) is 14.0 Å². The van der Waals surface area contributed by atoms with Crippen molar-refractivity contribution < 1.29 is 23.6 Å². The number of hydrogen-bond acceptors (Lipinski definition) is 6. The lowest BCUT2D eigenvalue weighted by Crippen LogP contribution is -2.58. The number of nitrogens with one attached hydrogen (secondary N) is 3. The monoisotopic (exact) mass is 651 g/mol. The van der Waals surface area contributed by atoms with Gasteiger partial charge in [0.2, 0.25) is 11.8 Å². The fraction of sp³-hybridized carbons (Fsp3) is 0.629. The van der Waals surface area contributed by atoms with Crippen LogP contribution < -0.4 is 16.0 Å². The number of aromatic nitrogens is 2. The zero-order valence-corrected chi connectivity index (χ0v) is 28.0. The Labute approximate surface area is 277 Å². The van der Waals surface area contributed by atoms with Crippen LogP contribution >= 0.6 is 0 Å². The zero-order chi connectivity index (χ0) is 33.5. The number of benzene rings is 1. The Morgan fingerprint density at radius 3 is 2.34 bits per heavy atom. The number of rotatable bonds is 12. The number of carbonyl (C=O) groups is 4. The molecule has 1 saturated heterocycles. The van der Waals surface area contributed by atoms with Gasteiger partial charge in [-0.25, -0.2) is 9.18 Å². The van der Waals surface area contributed by atoms with Crippen LogP contribution in [0.25, 0.3) is 0 Å². The van der Waals surface area contributed by atoms with Gasteiger partial charge >= 0.3 is 6.03 Å². The van der Waals surface area contributed by atoms with Gasteiger partial charge in [0.05, 0.1) is 5.69 Å². The van der Waals surface area contributed by atoms with E-state index in [0.717, 1.165) is 64.5 Å². The van der Waals surface area contributed by atoms with Crippen LogP contribution in [0, 0.1) is 17.7 Å². The Morgan fingerprint density at radius 2 is 1.70 bits per heavy atom. The van der Waals surface area contributed by atoms with Crippen LogP contribution in [0.1, 0.15) is 93.6 Å². The van der Waals surface area contributed by atoms with E-state index in [-0.39, 0.29) is 41.7 Å². The molecule has 1 aromatic heterocycles. The molecular weight excluding hydrogens is 601 g/mol. The van der Waals surface area contributed by atoms with Crippen molar-refractivity contribution in [2.45, 2.75) is 96.2 Å². The van der Waals surface area contributed by atoms with Crippen molar-refractivity contribution in [3.05, 3.63) is 47.5 Å². The fourth-order valence-corrected chi connectivity index (χ4v) is 7.01. The first-order chi connectivity index (χ1) is 22.6. The second-order valence-corrected chi connectivity index (χ2v) is 13.5. The SMILES string of the molecule is CCn1nccc1C(=O)C[C@H](C(=O)Nc1ccc([C@H](C)[C@@H](NC(=O)NC2CCC2)C(=O)N2CCN(C)CC2)cc1F)C1CCCCC1. The summed E-state index contributed by atoms with van der Waals surface area (Å²) < 4.78 is 17.3. The predicted molar refractivity (Wildman–Crippen MR) is 178 cm³/mol. The van der Waals surface area contributed by atoms with Gasteiger partial charge < -0.3 is 25.8 Å². The third kappa shape index (κ3) is 8.57. The average molecular weight is 652 g/mol. The lowest BCUT2D eigenvalue weighted by atomic mass is 9.77. The summed E-state index contributed by atoms with van der Waals surface area (Å²) in [5, 5.41) is 12.8. The number of aryl methyl sites for hydroxylation is 1. The molecule has 3 aliphatic rings. The van der Waals surface area contributed by atoms with Gasteiger partial charge in [0.25, 0.3) is 0 Å². The van der Waals surface area contributed by atoms with E-state index in [0.29, 0.717) is 30.9 Å². The first-order valence-electron chi connectivity index (χ1n) is 17.3. The molecule has 1 aliphatic heterocycles. The van der Waals surface area contributed by atoms with E-state index in [1.165, 1.54) is 12.1 Å². The number of piperazine rings is 1. The topological polar surface area (TPSA) is 129 Å². The van der Waals surface area contributed by atoms with E-state index in [9.17, 15) is 19.2 Å².